The summed E-state index contributed by atoms with van der Waals surface area (Å²) in [5, 5.41) is 3.29. The van der Waals surface area contributed by atoms with Gasteiger partial charge >= 0.3 is 0 Å². The lowest BCUT2D eigenvalue weighted by molar-refractivity contribution is -0.126. The smallest absolute Gasteiger partial charge is 0.223 e. The van der Waals surface area contributed by atoms with Crippen LogP contribution in [0.3, 0.4) is 0 Å². The average Bonchev–Trinajstić information content (AvgIpc) is 2.85. The Kier molecular flexibility index (Phi) is 4.12. The third kappa shape index (κ3) is 2.91. The van der Waals surface area contributed by atoms with Crippen molar-refractivity contribution in [3.05, 3.63) is 0 Å². The first-order valence-electron chi connectivity index (χ1n) is 6.58. The first-order valence-corrected chi connectivity index (χ1v) is 7.02. The molecule has 3 heteroatoms. The van der Waals surface area contributed by atoms with Gasteiger partial charge in [0, 0.05) is 17.8 Å². The van der Waals surface area contributed by atoms with Gasteiger partial charge in [0.2, 0.25) is 5.91 Å². The molecule has 0 aliphatic heterocycles. The molecule has 2 aliphatic rings. The Morgan fingerprint density at radius 3 is 2.81 bits per heavy atom. The number of halogens is 1. The van der Waals surface area contributed by atoms with E-state index in [2.05, 4.69) is 5.32 Å². The highest BCUT2D eigenvalue weighted by atomic mass is 35.5. The molecule has 1 N–H and O–H groups in total. The molecule has 0 saturated heterocycles. The second-order valence-corrected chi connectivity index (χ2v) is 6.24. The second kappa shape index (κ2) is 5.39. The van der Waals surface area contributed by atoms with Crippen LogP contribution in [0.1, 0.15) is 45.4 Å². The zero-order valence-corrected chi connectivity index (χ0v) is 10.8. The molecule has 2 rings (SSSR count). The molecule has 2 bridgehead atoms. The van der Waals surface area contributed by atoms with Crippen molar-refractivity contribution in [2.24, 2.45) is 17.8 Å². The van der Waals surface area contributed by atoms with Crippen LogP contribution in [0.5, 0.6) is 0 Å². The zero-order chi connectivity index (χ0) is 11.5. The van der Waals surface area contributed by atoms with E-state index in [0.717, 1.165) is 31.7 Å². The molecule has 0 radical (unpaired) electrons. The van der Waals surface area contributed by atoms with Crippen LogP contribution >= 0.6 is 11.6 Å². The van der Waals surface area contributed by atoms with Crippen LogP contribution in [0.15, 0.2) is 0 Å². The highest BCUT2D eigenvalue weighted by Gasteiger charge is 2.42. The van der Waals surface area contributed by atoms with Crippen LogP contribution in [-0.4, -0.2) is 17.8 Å². The standard InChI is InChI=1S/C13H22ClNO/c1-9(14)3-2-6-15-13(16)12-8-10-4-5-11(12)7-10/h9-12H,2-8H2,1H3,(H,15,16). The SMILES string of the molecule is CC(Cl)CCCNC(=O)C1CC2CCC1C2. The largest absolute Gasteiger partial charge is 0.356 e. The van der Waals surface area contributed by atoms with Gasteiger partial charge in [-0.2, -0.15) is 0 Å². The van der Waals surface area contributed by atoms with Crippen molar-refractivity contribution >= 4 is 17.5 Å². The van der Waals surface area contributed by atoms with E-state index in [9.17, 15) is 4.79 Å². The van der Waals surface area contributed by atoms with Crippen molar-refractivity contribution in [3.63, 3.8) is 0 Å². The van der Waals surface area contributed by atoms with Gasteiger partial charge in [0.25, 0.3) is 0 Å². The van der Waals surface area contributed by atoms with E-state index in [1.54, 1.807) is 0 Å². The number of nitrogens with one attached hydrogen (secondary N) is 1. The van der Waals surface area contributed by atoms with Gasteiger partial charge in [0.15, 0.2) is 0 Å². The molecular weight excluding hydrogens is 222 g/mol. The van der Waals surface area contributed by atoms with E-state index in [0.29, 0.717) is 17.7 Å². The summed E-state index contributed by atoms with van der Waals surface area (Å²) >= 11 is 5.86. The third-order valence-corrected chi connectivity index (χ3v) is 4.37. The van der Waals surface area contributed by atoms with Gasteiger partial charge in [-0.25, -0.2) is 0 Å². The number of hydrogen-bond acceptors (Lipinski definition) is 1. The fourth-order valence-electron chi connectivity index (χ4n) is 3.29. The predicted molar refractivity (Wildman–Crippen MR) is 66.5 cm³/mol. The van der Waals surface area contributed by atoms with Crippen LogP contribution in [0.4, 0.5) is 0 Å². The molecule has 0 aromatic heterocycles. The maximum atomic E-state index is 11.9. The Hall–Kier alpha value is -0.240. The number of carbonyl (C=O) groups excluding carboxylic acids is 1. The summed E-state index contributed by atoms with van der Waals surface area (Å²) in [6.45, 7) is 2.79. The number of hydrogen-bond donors (Lipinski definition) is 1. The molecule has 2 aliphatic carbocycles. The summed E-state index contributed by atoms with van der Waals surface area (Å²) in [7, 11) is 0. The zero-order valence-electron chi connectivity index (χ0n) is 10.0. The van der Waals surface area contributed by atoms with Gasteiger partial charge in [-0.1, -0.05) is 6.42 Å². The van der Waals surface area contributed by atoms with E-state index >= 15 is 0 Å². The second-order valence-electron chi connectivity index (χ2n) is 5.50. The Labute approximate surface area is 103 Å². The highest BCUT2D eigenvalue weighted by Crippen LogP contribution is 2.48. The summed E-state index contributed by atoms with van der Waals surface area (Å²) in [6, 6.07) is 0. The predicted octanol–water partition coefficient (Wildman–Crippen LogP) is 2.95. The van der Waals surface area contributed by atoms with Crippen molar-refractivity contribution in [3.8, 4) is 0 Å². The Morgan fingerprint density at radius 2 is 2.25 bits per heavy atom. The van der Waals surface area contributed by atoms with Gasteiger partial charge < -0.3 is 5.32 Å². The highest BCUT2D eigenvalue weighted by molar-refractivity contribution is 6.20. The van der Waals surface area contributed by atoms with Crippen LogP contribution in [0, 0.1) is 17.8 Å². The molecule has 4 unspecified atom stereocenters. The maximum Gasteiger partial charge on any atom is 0.223 e. The molecule has 0 heterocycles. The summed E-state index contributed by atoms with van der Waals surface area (Å²) in [5.41, 5.74) is 0. The molecule has 1 amide bonds. The molecular formula is C13H22ClNO. The van der Waals surface area contributed by atoms with E-state index in [4.69, 9.17) is 11.6 Å². The van der Waals surface area contributed by atoms with Crippen molar-refractivity contribution in [1.29, 1.82) is 0 Å². The molecule has 2 fully saturated rings. The molecule has 2 nitrogen and oxygen atoms in total. The summed E-state index contributed by atoms with van der Waals surface area (Å²) in [4.78, 5) is 11.9. The Balaban J connectivity index is 1.65. The normalized spacial score (nSPS) is 34.0. The number of rotatable bonds is 5. The molecule has 0 aromatic carbocycles. The van der Waals surface area contributed by atoms with Crippen LogP contribution in [0.2, 0.25) is 0 Å². The number of carbonyl (C=O) groups is 1. The molecule has 16 heavy (non-hydrogen) atoms. The molecule has 0 aromatic rings. The molecule has 4 atom stereocenters. The number of alkyl halides is 1. The quantitative estimate of drug-likeness (QED) is 0.584. The molecule has 2 saturated carbocycles. The average molecular weight is 244 g/mol. The number of amides is 1. The lowest BCUT2D eigenvalue weighted by Gasteiger charge is -2.20. The van der Waals surface area contributed by atoms with Crippen molar-refractivity contribution < 1.29 is 4.79 Å². The first-order chi connectivity index (χ1) is 7.66. The third-order valence-electron chi connectivity index (χ3n) is 4.15. The van der Waals surface area contributed by atoms with E-state index in [1.807, 2.05) is 6.92 Å². The van der Waals surface area contributed by atoms with Crippen molar-refractivity contribution in [2.75, 3.05) is 6.54 Å². The van der Waals surface area contributed by atoms with Crippen LogP contribution in [0.25, 0.3) is 0 Å². The van der Waals surface area contributed by atoms with Gasteiger partial charge in [-0.3, -0.25) is 4.79 Å². The lowest BCUT2D eigenvalue weighted by Crippen LogP contribution is -2.34. The molecule has 0 spiro atoms. The maximum absolute atomic E-state index is 11.9. The first kappa shape index (κ1) is 12.2. The summed E-state index contributed by atoms with van der Waals surface area (Å²) in [6.07, 6.45) is 7.06. The minimum Gasteiger partial charge on any atom is -0.356 e. The Bertz CT molecular complexity index is 254. The number of fused-ring (bicyclic) bond motifs is 2. The topological polar surface area (TPSA) is 29.1 Å². The van der Waals surface area contributed by atoms with Gasteiger partial charge in [0.05, 0.1) is 0 Å². The van der Waals surface area contributed by atoms with E-state index in [1.165, 1.54) is 19.3 Å². The van der Waals surface area contributed by atoms with E-state index < -0.39 is 0 Å². The van der Waals surface area contributed by atoms with Gasteiger partial charge in [0.1, 0.15) is 0 Å². The fourth-order valence-corrected chi connectivity index (χ4v) is 3.45. The van der Waals surface area contributed by atoms with Crippen molar-refractivity contribution in [2.45, 2.75) is 50.8 Å². The van der Waals surface area contributed by atoms with Crippen LogP contribution < -0.4 is 5.32 Å². The van der Waals surface area contributed by atoms with Gasteiger partial charge in [-0.05, 0) is 50.9 Å². The van der Waals surface area contributed by atoms with E-state index in [-0.39, 0.29) is 5.38 Å². The van der Waals surface area contributed by atoms with Gasteiger partial charge in [-0.15, -0.1) is 11.6 Å². The minimum absolute atomic E-state index is 0.222. The van der Waals surface area contributed by atoms with Crippen LogP contribution in [-0.2, 0) is 4.79 Å². The monoisotopic (exact) mass is 243 g/mol. The summed E-state index contributed by atoms with van der Waals surface area (Å²) in [5.74, 6) is 2.17. The Morgan fingerprint density at radius 1 is 1.44 bits per heavy atom. The molecule has 92 valence electrons. The summed E-state index contributed by atoms with van der Waals surface area (Å²) < 4.78 is 0. The fraction of sp³-hybridized carbons (Fsp3) is 0.923. The minimum atomic E-state index is 0.222. The van der Waals surface area contributed by atoms with Crippen molar-refractivity contribution in [1.82, 2.24) is 5.32 Å². The lowest BCUT2D eigenvalue weighted by atomic mass is 9.88.